The van der Waals surface area contributed by atoms with Crippen LogP contribution in [0.15, 0.2) is 18.3 Å². The number of primary amides is 1. The summed E-state index contributed by atoms with van der Waals surface area (Å²) in [6.45, 7) is 8.74. The Morgan fingerprint density at radius 1 is 1.25 bits per heavy atom. The molecular weight excluding hydrogens is 408 g/mol. The summed E-state index contributed by atoms with van der Waals surface area (Å²) < 4.78 is 11.0. The van der Waals surface area contributed by atoms with Gasteiger partial charge in [-0.05, 0) is 64.5 Å². The van der Waals surface area contributed by atoms with Gasteiger partial charge >= 0.3 is 6.09 Å². The standard InChI is InChI=1S/C24H36N4O4/c1-23(2,3)32-22(30)28(13-17-6-4-7-17)19-8-5-11-27(14-19)18-9-10-20(26-12-18)24(21(25)29)15-31-16-24/h9-10,12,17,19H,4-8,11,13-16H2,1-3H3,(H2,25,29)/t19-/m1/s1. The summed E-state index contributed by atoms with van der Waals surface area (Å²) in [4.78, 5) is 33.8. The summed E-state index contributed by atoms with van der Waals surface area (Å²) in [7, 11) is 0. The van der Waals surface area contributed by atoms with Gasteiger partial charge in [-0.25, -0.2) is 4.79 Å². The van der Waals surface area contributed by atoms with Gasteiger partial charge in [0.2, 0.25) is 5.91 Å². The van der Waals surface area contributed by atoms with Gasteiger partial charge in [0.15, 0.2) is 0 Å². The van der Waals surface area contributed by atoms with Crippen LogP contribution in [0.1, 0.15) is 58.6 Å². The lowest BCUT2D eigenvalue weighted by atomic mass is 9.81. The number of hydrogen-bond donors (Lipinski definition) is 1. The first-order valence-corrected chi connectivity index (χ1v) is 11.8. The fourth-order valence-corrected chi connectivity index (χ4v) is 4.67. The highest BCUT2D eigenvalue weighted by atomic mass is 16.6. The first-order valence-electron chi connectivity index (χ1n) is 11.8. The minimum Gasteiger partial charge on any atom is -0.444 e. The van der Waals surface area contributed by atoms with E-state index in [9.17, 15) is 9.59 Å². The highest BCUT2D eigenvalue weighted by molar-refractivity contribution is 5.87. The normalized spacial score (nSPS) is 23.1. The Morgan fingerprint density at radius 3 is 2.50 bits per heavy atom. The molecule has 0 bridgehead atoms. The van der Waals surface area contributed by atoms with Crippen LogP contribution in [0.2, 0.25) is 0 Å². The summed E-state index contributed by atoms with van der Waals surface area (Å²) in [6.07, 6.45) is 7.19. The number of amides is 2. The van der Waals surface area contributed by atoms with Crippen molar-refractivity contribution in [1.29, 1.82) is 0 Å². The summed E-state index contributed by atoms with van der Waals surface area (Å²) in [5.74, 6) is 0.180. The molecule has 1 atom stereocenters. The number of hydrogen-bond acceptors (Lipinski definition) is 6. The molecular formula is C24H36N4O4. The van der Waals surface area contributed by atoms with Gasteiger partial charge in [-0.1, -0.05) is 6.42 Å². The Labute approximate surface area is 190 Å². The fraction of sp³-hybridized carbons (Fsp3) is 0.708. The van der Waals surface area contributed by atoms with Crippen molar-refractivity contribution >= 4 is 17.7 Å². The molecule has 0 radical (unpaired) electrons. The van der Waals surface area contributed by atoms with Gasteiger partial charge in [0.25, 0.3) is 0 Å². The molecule has 0 unspecified atom stereocenters. The maximum absolute atomic E-state index is 13.1. The van der Waals surface area contributed by atoms with Crippen LogP contribution in [0.25, 0.3) is 0 Å². The van der Waals surface area contributed by atoms with Gasteiger partial charge in [-0.15, -0.1) is 0 Å². The number of aromatic nitrogens is 1. The Kier molecular flexibility index (Phi) is 6.34. The third-order valence-corrected chi connectivity index (χ3v) is 6.92. The largest absolute Gasteiger partial charge is 0.444 e. The van der Waals surface area contributed by atoms with E-state index in [2.05, 4.69) is 9.88 Å². The predicted molar refractivity (Wildman–Crippen MR) is 121 cm³/mol. The predicted octanol–water partition coefficient (Wildman–Crippen LogP) is 2.84. The molecule has 1 saturated carbocycles. The zero-order chi connectivity index (χ0) is 22.9. The Morgan fingerprint density at radius 2 is 2.00 bits per heavy atom. The molecule has 4 rings (SSSR count). The molecule has 2 saturated heterocycles. The van der Waals surface area contributed by atoms with Crippen LogP contribution in [-0.4, -0.2) is 66.4 Å². The number of carbonyl (C=O) groups is 2. The third-order valence-electron chi connectivity index (χ3n) is 6.92. The Balaban J connectivity index is 1.47. The smallest absolute Gasteiger partial charge is 0.410 e. The average molecular weight is 445 g/mol. The number of carbonyl (C=O) groups excluding carboxylic acids is 2. The van der Waals surface area contributed by atoms with E-state index in [0.29, 0.717) is 11.6 Å². The molecule has 3 heterocycles. The number of ether oxygens (including phenoxy) is 2. The molecule has 0 spiro atoms. The maximum atomic E-state index is 13.1. The molecule has 2 aliphatic heterocycles. The summed E-state index contributed by atoms with van der Waals surface area (Å²) >= 11 is 0. The van der Waals surface area contributed by atoms with Gasteiger partial charge in [-0.2, -0.15) is 0 Å². The monoisotopic (exact) mass is 444 g/mol. The number of nitrogens with two attached hydrogens (primary N) is 1. The zero-order valence-electron chi connectivity index (χ0n) is 19.5. The molecule has 8 nitrogen and oxygen atoms in total. The molecule has 1 aliphatic carbocycles. The molecule has 0 aromatic carbocycles. The highest BCUT2D eigenvalue weighted by Crippen LogP contribution is 2.33. The Bertz CT molecular complexity index is 827. The highest BCUT2D eigenvalue weighted by Gasteiger charge is 2.47. The third kappa shape index (κ3) is 4.70. The molecule has 1 aromatic heterocycles. The maximum Gasteiger partial charge on any atom is 0.410 e. The summed E-state index contributed by atoms with van der Waals surface area (Å²) in [6, 6.07) is 3.99. The van der Waals surface area contributed by atoms with Crippen molar-refractivity contribution in [3.63, 3.8) is 0 Å². The molecule has 3 aliphatic rings. The Hall–Kier alpha value is -2.35. The van der Waals surface area contributed by atoms with E-state index in [0.717, 1.165) is 38.2 Å². The van der Waals surface area contributed by atoms with Crippen LogP contribution in [0.4, 0.5) is 10.5 Å². The lowest BCUT2D eigenvalue weighted by Crippen LogP contribution is -2.56. The average Bonchev–Trinajstić information content (AvgIpc) is 2.65. The lowest BCUT2D eigenvalue weighted by Gasteiger charge is -2.43. The van der Waals surface area contributed by atoms with Gasteiger partial charge < -0.3 is 25.0 Å². The molecule has 32 heavy (non-hydrogen) atoms. The molecule has 3 fully saturated rings. The van der Waals surface area contributed by atoms with Crippen molar-refractivity contribution in [2.45, 2.75) is 69.9 Å². The molecule has 2 N–H and O–H groups in total. The molecule has 1 aromatic rings. The van der Waals surface area contributed by atoms with E-state index in [-0.39, 0.29) is 25.3 Å². The quantitative estimate of drug-likeness (QED) is 0.725. The number of piperidine rings is 1. The van der Waals surface area contributed by atoms with E-state index in [1.165, 1.54) is 19.3 Å². The summed E-state index contributed by atoms with van der Waals surface area (Å²) in [5.41, 5.74) is 5.94. The van der Waals surface area contributed by atoms with Crippen molar-refractivity contribution in [2.24, 2.45) is 11.7 Å². The van der Waals surface area contributed by atoms with Gasteiger partial charge in [-0.3, -0.25) is 9.78 Å². The minimum atomic E-state index is -0.806. The topological polar surface area (TPSA) is 98.0 Å². The van der Waals surface area contributed by atoms with E-state index in [1.807, 2.05) is 44.0 Å². The van der Waals surface area contributed by atoms with E-state index in [4.69, 9.17) is 15.2 Å². The summed E-state index contributed by atoms with van der Waals surface area (Å²) in [5, 5.41) is 0. The van der Waals surface area contributed by atoms with Crippen molar-refractivity contribution in [3.05, 3.63) is 24.0 Å². The van der Waals surface area contributed by atoms with Crippen molar-refractivity contribution < 1.29 is 19.1 Å². The second kappa shape index (κ2) is 8.89. The first kappa shape index (κ1) is 22.8. The van der Waals surface area contributed by atoms with E-state index in [1.54, 1.807) is 0 Å². The first-order chi connectivity index (χ1) is 15.2. The SMILES string of the molecule is CC(C)(C)OC(=O)N(CC1CCC1)[C@@H]1CCCN(c2ccc(C3(C(N)=O)COC3)nc2)C1. The lowest BCUT2D eigenvalue weighted by molar-refractivity contribution is -0.142. The van der Waals surface area contributed by atoms with Crippen molar-refractivity contribution in [1.82, 2.24) is 9.88 Å². The molecule has 8 heteroatoms. The van der Waals surface area contributed by atoms with Crippen molar-refractivity contribution in [2.75, 3.05) is 37.7 Å². The fourth-order valence-electron chi connectivity index (χ4n) is 4.67. The van der Waals surface area contributed by atoms with Crippen LogP contribution in [0.5, 0.6) is 0 Å². The van der Waals surface area contributed by atoms with Crippen LogP contribution < -0.4 is 10.6 Å². The van der Waals surface area contributed by atoms with Crippen molar-refractivity contribution in [3.8, 4) is 0 Å². The van der Waals surface area contributed by atoms with Gasteiger partial charge in [0.05, 0.1) is 36.8 Å². The van der Waals surface area contributed by atoms with Crippen LogP contribution >= 0.6 is 0 Å². The van der Waals surface area contributed by atoms with Crippen LogP contribution in [0, 0.1) is 5.92 Å². The second-order valence-corrected chi connectivity index (χ2v) is 10.5. The zero-order valence-corrected chi connectivity index (χ0v) is 19.5. The molecule has 176 valence electrons. The van der Waals surface area contributed by atoms with E-state index >= 15 is 0 Å². The number of pyridine rings is 1. The number of anilines is 1. The van der Waals surface area contributed by atoms with Gasteiger partial charge in [0.1, 0.15) is 11.0 Å². The van der Waals surface area contributed by atoms with Crippen LogP contribution in [-0.2, 0) is 19.7 Å². The number of rotatable bonds is 6. The van der Waals surface area contributed by atoms with Crippen LogP contribution in [0.3, 0.4) is 0 Å². The van der Waals surface area contributed by atoms with E-state index < -0.39 is 16.9 Å². The number of nitrogens with zero attached hydrogens (tertiary/aromatic N) is 3. The van der Waals surface area contributed by atoms with Gasteiger partial charge in [0, 0.05) is 19.6 Å². The minimum absolute atomic E-state index is 0.107. The molecule has 2 amide bonds. The second-order valence-electron chi connectivity index (χ2n) is 10.5.